The minimum Gasteiger partial charge on any atom is -0.469 e. The van der Waals surface area contributed by atoms with E-state index in [0.29, 0.717) is 11.8 Å². The number of allylic oxidation sites excluding steroid dienone is 2. The fourth-order valence-electron chi connectivity index (χ4n) is 3.04. The van der Waals surface area contributed by atoms with Crippen molar-refractivity contribution in [3.63, 3.8) is 0 Å². The highest BCUT2D eigenvalue weighted by atomic mass is 16.5. The van der Waals surface area contributed by atoms with Crippen LogP contribution in [0.1, 0.15) is 20.3 Å². The number of rotatable bonds is 1. The zero-order valence-electron chi connectivity index (χ0n) is 8.41. The maximum atomic E-state index is 11.6. The molecule has 2 heteroatoms. The summed E-state index contributed by atoms with van der Waals surface area (Å²) in [5, 5.41) is 0. The molecule has 2 bridgehead atoms. The van der Waals surface area contributed by atoms with Gasteiger partial charge in [-0.3, -0.25) is 4.79 Å². The Labute approximate surface area is 79.0 Å². The molecule has 4 unspecified atom stereocenters. The van der Waals surface area contributed by atoms with Crippen LogP contribution in [0.5, 0.6) is 0 Å². The number of fused-ring (bicyclic) bond motifs is 2. The van der Waals surface area contributed by atoms with Gasteiger partial charge in [0.25, 0.3) is 0 Å². The number of carbonyl (C=O) groups excluding carboxylic acids is 1. The van der Waals surface area contributed by atoms with Crippen molar-refractivity contribution in [3.05, 3.63) is 12.2 Å². The molecule has 0 saturated heterocycles. The summed E-state index contributed by atoms with van der Waals surface area (Å²) in [5.74, 6) is 1.07. The van der Waals surface area contributed by atoms with Gasteiger partial charge in [-0.05, 0) is 23.7 Å². The van der Waals surface area contributed by atoms with Crippen LogP contribution in [0.4, 0.5) is 0 Å². The third-order valence-corrected chi connectivity index (χ3v) is 3.77. The molecule has 2 aliphatic carbocycles. The number of hydrogen-bond acceptors (Lipinski definition) is 2. The van der Waals surface area contributed by atoms with Crippen LogP contribution in [0.15, 0.2) is 12.2 Å². The summed E-state index contributed by atoms with van der Waals surface area (Å²) in [6, 6.07) is 0. The molecule has 13 heavy (non-hydrogen) atoms. The van der Waals surface area contributed by atoms with Crippen LogP contribution < -0.4 is 0 Å². The van der Waals surface area contributed by atoms with Gasteiger partial charge < -0.3 is 4.74 Å². The van der Waals surface area contributed by atoms with E-state index in [1.807, 2.05) is 0 Å². The predicted molar refractivity (Wildman–Crippen MR) is 50.0 cm³/mol. The third-order valence-electron chi connectivity index (χ3n) is 3.77. The van der Waals surface area contributed by atoms with Crippen molar-refractivity contribution in [1.82, 2.24) is 0 Å². The van der Waals surface area contributed by atoms with E-state index in [-0.39, 0.29) is 17.3 Å². The first-order chi connectivity index (χ1) is 6.08. The van der Waals surface area contributed by atoms with Crippen molar-refractivity contribution in [2.24, 2.45) is 23.2 Å². The molecule has 0 aromatic heterocycles. The Morgan fingerprint density at radius 2 is 2.31 bits per heavy atom. The SMILES string of the molecule is COC(=O)C1C(C)C2C=CC1(C)C2. The number of carbonyl (C=O) groups is 1. The summed E-state index contributed by atoms with van der Waals surface area (Å²) < 4.78 is 4.85. The highest BCUT2D eigenvalue weighted by Gasteiger charge is 2.53. The molecule has 1 saturated carbocycles. The Bertz CT molecular complexity index is 269. The molecule has 0 aromatic rings. The molecule has 0 spiro atoms. The molecule has 0 aromatic carbocycles. The van der Waals surface area contributed by atoms with Gasteiger partial charge in [0, 0.05) is 0 Å². The molecule has 0 aliphatic heterocycles. The van der Waals surface area contributed by atoms with Crippen LogP contribution in [-0.2, 0) is 9.53 Å². The maximum absolute atomic E-state index is 11.6. The van der Waals surface area contributed by atoms with E-state index < -0.39 is 0 Å². The van der Waals surface area contributed by atoms with Gasteiger partial charge in [0.05, 0.1) is 13.0 Å². The van der Waals surface area contributed by atoms with Crippen molar-refractivity contribution in [1.29, 1.82) is 0 Å². The molecular weight excluding hydrogens is 164 g/mol. The number of hydrogen-bond donors (Lipinski definition) is 0. The van der Waals surface area contributed by atoms with Gasteiger partial charge in [-0.25, -0.2) is 0 Å². The van der Waals surface area contributed by atoms with Crippen molar-refractivity contribution < 1.29 is 9.53 Å². The highest BCUT2D eigenvalue weighted by Crippen LogP contribution is 2.56. The first-order valence-corrected chi connectivity index (χ1v) is 4.86. The molecule has 2 aliphatic rings. The van der Waals surface area contributed by atoms with E-state index in [2.05, 4.69) is 26.0 Å². The van der Waals surface area contributed by atoms with Gasteiger partial charge in [-0.2, -0.15) is 0 Å². The number of ether oxygens (including phenoxy) is 1. The number of methoxy groups -OCH3 is 1. The lowest BCUT2D eigenvalue weighted by atomic mass is 9.75. The quantitative estimate of drug-likeness (QED) is 0.456. The van der Waals surface area contributed by atoms with Crippen molar-refractivity contribution in [2.45, 2.75) is 20.3 Å². The lowest BCUT2D eigenvalue weighted by Crippen LogP contribution is -2.32. The van der Waals surface area contributed by atoms with E-state index in [0.717, 1.165) is 6.42 Å². The first-order valence-electron chi connectivity index (χ1n) is 4.86. The molecular formula is C11H16O2. The van der Waals surface area contributed by atoms with E-state index >= 15 is 0 Å². The zero-order chi connectivity index (χ0) is 9.64. The monoisotopic (exact) mass is 180 g/mol. The maximum Gasteiger partial charge on any atom is 0.309 e. The fourth-order valence-corrected chi connectivity index (χ4v) is 3.04. The van der Waals surface area contributed by atoms with Crippen LogP contribution in [0.3, 0.4) is 0 Å². The summed E-state index contributed by atoms with van der Waals surface area (Å²) in [7, 11) is 1.48. The largest absolute Gasteiger partial charge is 0.469 e. The van der Waals surface area contributed by atoms with E-state index in [1.54, 1.807) is 0 Å². The van der Waals surface area contributed by atoms with E-state index in [4.69, 9.17) is 4.74 Å². The van der Waals surface area contributed by atoms with Crippen molar-refractivity contribution in [3.8, 4) is 0 Å². The van der Waals surface area contributed by atoms with Crippen LogP contribution in [-0.4, -0.2) is 13.1 Å². The van der Waals surface area contributed by atoms with Crippen molar-refractivity contribution >= 4 is 5.97 Å². The average Bonchev–Trinajstić information content (AvgIpc) is 2.57. The molecule has 2 rings (SSSR count). The first kappa shape index (κ1) is 8.79. The summed E-state index contributed by atoms with van der Waals surface area (Å²) in [6.07, 6.45) is 5.57. The second kappa shape index (κ2) is 2.60. The molecule has 2 nitrogen and oxygen atoms in total. The molecule has 4 atom stereocenters. The fraction of sp³-hybridized carbons (Fsp3) is 0.727. The van der Waals surface area contributed by atoms with Crippen LogP contribution in [0.25, 0.3) is 0 Å². The van der Waals surface area contributed by atoms with Gasteiger partial charge in [-0.15, -0.1) is 0 Å². The molecule has 0 heterocycles. The summed E-state index contributed by atoms with van der Waals surface area (Å²) in [4.78, 5) is 11.6. The van der Waals surface area contributed by atoms with Crippen LogP contribution in [0, 0.1) is 23.2 Å². The van der Waals surface area contributed by atoms with E-state index in [9.17, 15) is 4.79 Å². The predicted octanol–water partition coefficient (Wildman–Crippen LogP) is 2.01. The Morgan fingerprint density at radius 3 is 2.77 bits per heavy atom. The lowest BCUT2D eigenvalue weighted by molar-refractivity contribution is -0.149. The summed E-state index contributed by atoms with van der Waals surface area (Å²) in [6.45, 7) is 4.32. The smallest absolute Gasteiger partial charge is 0.309 e. The number of esters is 1. The van der Waals surface area contributed by atoms with Gasteiger partial charge in [0.1, 0.15) is 0 Å². The second-order valence-electron chi connectivity index (χ2n) is 4.59. The summed E-state index contributed by atoms with van der Waals surface area (Å²) >= 11 is 0. The van der Waals surface area contributed by atoms with Crippen LogP contribution >= 0.6 is 0 Å². The molecule has 0 radical (unpaired) electrons. The standard InChI is InChI=1S/C11H16O2/c1-7-8-4-5-11(2,6-8)9(7)10(12)13-3/h4-5,7-9H,6H2,1-3H3. The molecule has 1 fully saturated rings. The van der Waals surface area contributed by atoms with Crippen LogP contribution in [0.2, 0.25) is 0 Å². The normalized spacial score (nSPS) is 46.8. The Hall–Kier alpha value is -0.790. The van der Waals surface area contributed by atoms with E-state index in [1.165, 1.54) is 7.11 Å². The van der Waals surface area contributed by atoms with Gasteiger partial charge in [0.15, 0.2) is 0 Å². The molecule has 72 valence electrons. The second-order valence-corrected chi connectivity index (χ2v) is 4.59. The van der Waals surface area contributed by atoms with Crippen molar-refractivity contribution in [2.75, 3.05) is 7.11 Å². The molecule has 0 N–H and O–H groups in total. The minimum atomic E-state index is -0.0400. The topological polar surface area (TPSA) is 26.3 Å². The average molecular weight is 180 g/mol. The Balaban J connectivity index is 2.29. The minimum absolute atomic E-state index is 0.0400. The van der Waals surface area contributed by atoms with Gasteiger partial charge >= 0.3 is 5.97 Å². The Morgan fingerprint density at radius 1 is 1.62 bits per heavy atom. The lowest BCUT2D eigenvalue weighted by Gasteiger charge is -2.29. The zero-order valence-corrected chi connectivity index (χ0v) is 8.41. The third kappa shape index (κ3) is 1.04. The van der Waals surface area contributed by atoms with Gasteiger partial charge in [-0.1, -0.05) is 26.0 Å². The van der Waals surface area contributed by atoms with Gasteiger partial charge in [0.2, 0.25) is 0 Å². The highest BCUT2D eigenvalue weighted by molar-refractivity contribution is 5.75. The Kier molecular flexibility index (Phi) is 1.76. The summed E-state index contributed by atoms with van der Waals surface area (Å²) in [5.41, 5.74) is 0.0666. The molecule has 0 amide bonds.